The molecule has 19 heavy (non-hydrogen) atoms. The molecule has 0 aliphatic rings. The average Bonchev–Trinajstić information content (AvgIpc) is 2.72. The molecule has 0 aliphatic heterocycles. The van der Waals surface area contributed by atoms with E-state index in [0.717, 1.165) is 21.7 Å². The van der Waals surface area contributed by atoms with Crippen LogP contribution in [-0.2, 0) is 10.9 Å². The zero-order chi connectivity index (χ0) is 14.2. The summed E-state index contributed by atoms with van der Waals surface area (Å²) in [6.07, 6.45) is 0. The Bertz CT molecular complexity index is 597. The molecule has 0 N–H and O–H groups in total. The highest BCUT2D eigenvalue weighted by Crippen LogP contribution is 2.30. The summed E-state index contributed by atoms with van der Waals surface area (Å²) in [6, 6.07) is 6.23. The third-order valence-corrected chi connectivity index (χ3v) is 3.94. The van der Waals surface area contributed by atoms with Gasteiger partial charge in [-0.3, -0.25) is 0 Å². The highest BCUT2D eigenvalue weighted by Gasteiger charge is 2.24. The van der Waals surface area contributed by atoms with Crippen LogP contribution in [0.2, 0.25) is 0 Å². The van der Waals surface area contributed by atoms with Crippen molar-refractivity contribution in [2.75, 3.05) is 0 Å². The van der Waals surface area contributed by atoms with Crippen molar-refractivity contribution in [1.82, 2.24) is 14.8 Å². The Kier molecular flexibility index (Phi) is 4.16. The van der Waals surface area contributed by atoms with Crippen molar-refractivity contribution in [2.24, 2.45) is 0 Å². The summed E-state index contributed by atoms with van der Waals surface area (Å²) < 4.78 is 3.27. The number of rotatable bonds is 2. The molecular weight excluding hydrogens is 370 g/mol. The molecule has 1 heterocycles. The lowest BCUT2D eigenvalue weighted by molar-refractivity contribution is 0.391. The quantitative estimate of drug-likeness (QED) is 0.702. The van der Waals surface area contributed by atoms with Gasteiger partial charge in [0.2, 0.25) is 0 Å². The number of aryl methyl sites for hydroxylation is 1. The molecule has 0 fully saturated rings. The zero-order valence-electron chi connectivity index (χ0n) is 11.5. The van der Waals surface area contributed by atoms with Crippen molar-refractivity contribution in [3.8, 4) is 11.4 Å². The average molecular weight is 387 g/mol. The van der Waals surface area contributed by atoms with Gasteiger partial charge in [0.25, 0.3) is 0 Å². The summed E-state index contributed by atoms with van der Waals surface area (Å²) in [6.45, 7) is 8.59. The lowest BCUT2D eigenvalue weighted by Gasteiger charge is -2.25. The second-order valence-corrected chi connectivity index (χ2v) is 7.02. The number of hydrogen-bond acceptors (Lipinski definition) is 2. The van der Waals surface area contributed by atoms with E-state index < -0.39 is 0 Å². The van der Waals surface area contributed by atoms with E-state index in [4.69, 9.17) is 0 Å². The molecule has 2 aromatic rings. The number of alkyl halides is 1. The van der Waals surface area contributed by atoms with Gasteiger partial charge in [0.05, 0.1) is 5.33 Å². The van der Waals surface area contributed by atoms with Crippen LogP contribution in [0.3, 0.4) is 0 Å². The van der Waals surface area contributed by atoms with Crippen LogP contribution in [0, 0.1) is 6.92 Å². The Morgan fingerprint density at radius 2 is 1.89 bits per heavy atom. The standard InChI is InChI=1S/C14H17Br2N3/c1-9-7-10(16)5-6-11(9)13-18-17-12(8-15)19(13)14(2,3)4/h5-7H,8H2,1-4H3. The van der Waals surface area contributed by atoms with Gasteiger partial charge in [0.1, 0.15) is 5.82 Å². The van der Waals surface area contributed by atoms with Crippen LogP contribution < -0.4 is 0 Å². The molecule has 2 rings (SSSR count). The molecule has 1 aromatic carbocycles. The fraction of sp³-hybridized carbons (Fsp3) is 0.429. The first-order chi connectivity index (χ1) is 8.84. The molecule has 0 bridgehead atoms. The van der Waals surface area contributed by atoms with Gasteiger partial charge in [-0.1, -0.05) is 31.9 Å². The number of aromatic nitrogens is 3. The fourth-order valence-corrected chi connectivity index (χ4v) is 3.00. The van der Waals surface area contributed by atoms with Gasteiger partial charge in [-0.25, -0.2) is 0 Å². The predicted molar refractivity (Wildman–Crippen MR) is 85.5 cm³/mol. The SMILES string of the molecule is Cc1cc(Br)ccc1-c1nnc(CBr)n1C(C)(C)C. The van der Waals surface area contributed by atoms with E-state index >= 15 is 0 Å². The van der Waals surface area contributed by atoms with Crippen LogP contribution in [0.5, 0.6) is 0 Å². The van der Waals surface area contributed by atoms with Gasteiger partial charge in [-0.15, -0.1) is 10.2 Å². The lowest BCUT2D eigenvalue weighted by atomic mass is 10.0. The Labute approximate surface area is 130 Å². The van der Waals surface area contributed by atoms with E-state index in [-0.39, 0.29) is 5.54 Å². The highest BCUT2D eigenvalue weighted by molar-refractivity contribution is 9.10. The zero-order valence-corrected chi connectivity index (χ0v) is 14.7. The molecule has 0 unspecified atom stereocenters. The number of nitrogens with zero attached hydrogens (tertiary/aromatic N) is 3. The maximum Gasteiger partial charge on any atom is 0.164 e. The second-order valence-electron chi connectivity index (χ2n) is 5.54. The summed E-state index contributed by atoms with van der Waals surface area (Å²) in [5, 5.41) is 9.38. The first kappa shape index (κ1) is 14.7. The number of halogens is 2. The molecule has 102 valence electrons. The molecule has 0 radical (unpaired) electrons. The van der Waals surface area contributed by atoms with Crippen molar-refractivity contribution in [2.45, 2.75) is 38.6 Å². The van der Waals surface area contributed by atoms with Crippen molar-refractivity contribution in [3.05, 3.63) is 34.1 Å². The normalized spacial score (nSPS) is 11.9. The maximum atomic E-state index is 4.38. The van der Waals surface area contributed by atoms with Gasteiger partial charge in [-0.05, 0) is 51.5 Å². The minimum absolute atomic E-state index is 0.0541. The molecule has 0 aliphatic carbocycles. The molecule has 3 nitrogen and oxygen atoms in total. The van der Waals surface area contributed by atoms with Gasteiger partial charge in [0.15, 0.2) is 5.82 Å². The van der Waals surface area contributed by atoms with E-state index in [0.29, 0.717) is 5.33 Å². The van der Waals surface area contributed by atoms with Crippen molar-refractivity contribution in [1.29, 1.82) is 0 Å². The minimum Gasteiger partial charge on any atom is -0.305 e. The van der Waals surface area contributed by atoms with E-state index in [9.17, 15) is 0 Å². The first-order valence-corrected chi connectivity index (χ1v) is 8.03. The molecular formula is C14H17Br2N3. The Morgan fingerprint density at radius 3 is 2.42 bits per heavy atom. The van der Waals surface area contributed by atoms with Crippen LogP contribution in [0.25, 0.3) is 11.4 Å². The maximum absolute atomic E-state index is 4.38. The van der Waals surface area contributed by atoms with Crippen molar-refractivity contribution >= 4 is 31.9 Å². The largest absolute Gasteiger partial charge is 0.305 e. The third kappa shape index (κ3) is 2.92. The second kappa shape index (κ2) is 5.37. The Balaban J connectivity index is 2.66. The van der Waals surface area contributed by atoms with Gasteiger partial charge in [0, 0.05) is 15.6 Å². The Hall–Kier alpha value is -0.680. The van der Waals surface area contributed by atoms with Crippen molar-refractivity contribution < 1.29 is 0 Å². The van der Waals surface area contributed by atoms with Crippen molar-refractivity contribution in [3.63, 3.8) is 0 Å². The van der Waals surface area contributed by atoms with E-state index in [2.05, 4.69) is 86.5 Å². The number of hydrogen-bond donors (Lipinski definition) is 0. The monoisotopic (exact) mass is 385 g/mol. The third-order valence-electron chi connectivity index (χ3n) is 2.95. The summed E-state index contributed by atoms with van der Waals surface area (Å²) in [4.78, 5) is 0. The molecule has 0 atom stereocenters. The minimum atomic E-state index is -0.0541. The fourth-order valence-electron chi connectivity index (χ4n) is 2.16. The van der Waals surface area contributed by atoms with Crippen LogP contribution in [0.15, 0.2) is 22.7 Å². The molecule has 0 amide bonds. The highest BCUT2D eigenvalue weighted by atomic mass is 79.9. The smallest absolute Gasteiger partial charge is 0.164 e. The van der Waals surface area contributed by atoms with Gasteiger partial charge >= 0.3 is 0 Å². The van der Waals surface area contributed by atoms with E-state index in [1.165, 1.54) is 5.56 Å². The summed E-state index contributed by atoms with van der Waals surface area (Å²) in [7, 11) is 0. The number of benzene rings is 1. The van der Waals surface area contributed by atoms with Crippen LogP contribution >= 0.6 is 31.9 Å². The molecule has 1 aromatic heterocycles. The van der Waals surface area contributed by atoms with E-state index in [1.807, 2.05) is 6.07 Å². The Morgan fingerprint density at radius 1 is 1.21 bits per heavy atom. The summed E-state index contributed by atoms with van der Waals surface area (Å²) in [5.74, 6) is 1.87. The summed E-state index contributed by atoms with van der Waals surface area (Å²) in [5.41, 5.74) is 2.26. The van der Waals surface area contributed by atoms with Gasteiger partial charge < -0.3 is 4.57 Å². The summed E-state index contributed by atoms with van der Waals surface area (Å²) >= 11 is 6.98. The molecule has 5 heteroatoms. The van der Waals surface area contributed by atoms with Gasteiger partial charge in [-0.2, -0.15) is 0 Å². The topological polar surface area (TPSA) is 30.7 Å². The van der Waals surface area contributed by atoms with Crippen LogP contribution in [-0.4, -0.2) is 14.8 Å². The molecule has 0 spiro atoms. The van der Waals surface area contributed by atoms with Crippen LogP contribution in [0.1, 0.15) is 32.2 Å². The predicted octanol–water partition coefficient (Wildman–Crippen LogP) is 4.67. The van der Waals surface area contributed by atoms with Crippen LogP contribution in [0.4, 0.5) is 0 Å². The van der Waals surface area contributed by atoms with E-state index in [1.54, 1.807) is 0 Å². The first-order valence-electron chi connectivity index (χ1n) is 6.12. The molecule has 0 saturated carbocycles. The lowest BCUT2D eigenvalue weighted by Crippen LogP contribution is -2.25. The molecule has 0 saturated heterocycles.